The van der Waals surface area contributed by atoms with Crippen molar-refractivity contribution in [2.75, 3.05) is 26.8 Å². The van der Waals surface area contributed by atoms with Crippen LogP contribution in [0.15, 0.2) is 15.9 Å². The second-order valence-electron chi connectivity index (χ2n) is 4.38. The molecule has 1 saturated heterocycles. The molecule has 90 valence electrons. The van der Waals surface area contributed by atoms with Crippen molar-refractivity contribution in [1.29, 1.82) is 0 Å². The smallest absolute Gasteiger partial charge is 0.0701 e. The minimum absolute atomic E-state index is 0.774. The second kappa shape index (κ2) is 6.15. The summed E-state index contributed by atoms with van der Waals surface area (Å²) in [4.78, 5) is 4.00. The van der Waals surface area contributed by atoms with Crippen LogP contribution >= 0.6 is 27.3 Å². The van der Waals surface area contributed by atoms with E-state index in [0.717, 1.165) is 19.1 Å². The summed E-state index contributed by atoms with van der Waals surface area (Å²) in [5.74, 6) is 0.774. The van der Waals surface area contributed by atoms with Gasteiger partial charge in [-0.15, -0.1) is 11.3 Å². The fraction of sp³-hybridized carbons (Fsp3) is 0.667. The van der Waals surface area contributed by atoms with E-state index in [9.17, 15) is 0 Å². The molecule has 1 aromatic rings. The van der Waals surface area contributed by atoms with E-state index >= 15 is 0 Å². The van der Waals surface area contributed by atoms with Crippen LogP contribution in [0.2, 0.25) is 0 Å². The SMILES string of the molecule is COCC1CCN(Cc2ccc(Br)s2)CC1. The van der Waals surface area contributed by atoms with Crippen LogP contribution in [-0.2, 0) is 11.3 Å². The molecule has 0 N–H and O–H groups in total. The first-order chi connectivity index (χ1) is 7.78. The number of hydrogen-bond acceptors (Lipinski definition) is 3. The summed E-state index contributed by atoms with van der Waals surface area (Å²) in [5, 5.41) is 0. The topological polar surface area (TPSA) is 12.5 Å². The van der Waals surface area contributed by atoms with Crippen LogP contribution in [0.3, 0.4) is 0 Å². The molecule has 0 unspecified atom stereocenters. The van der Waals surface area contributed by atoms with Crippen LogP contribution in [0, 0.1) is 5.92 Å². The molecule has 2 heterocycles. The zero-order chi connectivity index (χ0) is 11.4. The minimum atomic E-state index is 0.774. The third-order valence-electron chi connectivity index (χ3n) is 3.12. The number of ether oxygens (including phenoxy) is 1. The van der Waals surface area contributed by atoms with Crippen LogP contribution in [0.25, 0.3) is 0 Å². The lowest BCUT2D eigenvalue weighted by molar-refractivity contribution is 0.0972. The molecule has 0 amide bonds. The standard InChI is InChI=1S/C12H18BrNOS/c1-15-9-10-4-6-14(7-5-10)8-11-2-3-12(13)16-11/h2-3,10H,4-9H2,1H3. The lowest BCUT2D eigenvalue weighted by Crippen LogP contribution is -2.34. The number of thiophene rings is 1. The molecule has 1 aliphatic rings. The summed E-state index contributed by atoms with van der Waals surface area (Å²) < 4.78 is 6.45. The summed E-state index contributed by atoms with van der Waals surface area (Å²) in [7, 11) is 1.80. The molecule has 0 spiro atoms. The monoisotopic (exact) mass is 303 g/mol. The van der Waals surface area contributed by atoms with E-state index in [4.69, 9.17) is 4.74 Å². The molecule has 0 atom stereocenters. The normalized spacial score (nSPS) is 19.1. The fourth-order valence-corrected chi connectivity index (χ4v) is 3.73. The van der Waals surface area contributed by atoms with Gasteiger partial charge in [0, 0.05) is 25.1 Å². The van der Waals surface area contributed by atoms with Gasteiger partial charge in [0.15, 0.2) is 0 Å². The molecule has 1 fully saturated rings. The van der Waals surface area contributed by atoms with Gasteiger partial charge in [-0.05, 0) is 59.9 Å². The highest BCUT2D eigenvalue weighted by Gasteiger charge is 2.19. The third kappa shape index (κ3) is 3.55. The van der Waals surface area contributed by atoms with Gasteiger partial charge in [-0.1, -0.05) is 0 Å². The second-order valence-corrected chi connectivity index (χ2v) is 6.93. The molecule has 2 rings (SSSR count). The Bertz CT molecular complexity index is 321. The summed E-state index contributed by atoms with van der Waals surface area (Å²) in [6.07, 6.45) is 2.56. The summed E-state index contributed by atoms with van der Waals surface area (Å²) in [6, 6.07) is 4.35. The maximum Gasteiger partial charge on any atom is 0.0701 e. The molecule has 1 aromatic heterocycles. The number of hydrogen-bond donors (Lipinski definition) is 0. The number of rotatable bonds is 4. The molecule has 0 radical (unpaired) electrons. The Morgan fingerprint density at radius 1 is 1.44 bits per heavy atom. The van der Waals surface area contributed by atoms with Gasteiger partial charge in [-0.3, -0.25) is 4.90 Å². The number of halogens is 1. The van der Waals surface area contributed by atoms with Crippen molar-refractivity contribution in [3.63, 3.8) is 0 Å². The quantitative estimate of drug-likeness (QED) is 0.845. The van der Waals surface area contributed by atoms with Crippen molar-refractivity contribution in [3.8, 4) is 0 Å². The van der Waals surface area contributed by atoms with E-state index in [0.29, 0.717) is 0 Å². The molecular formula is C12H18BrNOS. The molecule has 2 nitrogen and oxygen atoms in total. The molecule has 0 aliphatic carbocycles. The van der Waals surface area contributed by atoms with Gasteiger partial charge >= 0.3 is 0 Å². The van der Waals surface area contributed by atoms with Gasteiger partial charge in [-0.25, -0.2) is 0 Å². The molecule has 4 heteroatoms. The molecule has 0 aromatic carbocycles. The van der Waals surface area contributed by atoms with Crippen molar-refractivity contribution in [1.82, 2.24) is 4.90 Å². The Kier molecular flexibility index (Phi) is 4.82. The highest BCUT2D eigenvalue weighted by Crippen LogP contribution is 2.25. The van der Waals surface area contributed by atoms with Crippen molar-refractivity contribution in [2.45, 2.75) is 19.4 Å². The van der Waals surface area contributed by atoms with E-state index in [-0.39, 0.29) is 0 Å². The first-order valence-electron chi connectivity index (χ1n) is 5.73. The predicted octanol–water partition coefficient (Wildman–Crippen LogP) is 3.37. The highest BCUT2D eigenvalue weighted by atomic mass is 79.9. The van der Waals surface area contributed by atoms with Gasteiger partial charge < -0.3 is 4.74 Å². The average Bonchev–Trinajstić information content (AvgIpc) is 2.67. The number of methoxy groups -OCH3 is 1. The zero-order valence-electron chi connectivity index (χ0n) is 9.62. The first kappa shape index (κ1) is 12.6. The van der Waals surface area contributed by atoms with Crippen molar-refractivity contribution in [3.05, 3.63) is 20.8 Å². The predicted molar refractivity (Wildman–Crippen MR) is 71.9 cm³/mol. The molecule has 16 heavy (non-hydrogen) atoms. The van der Waals surface area contributed by atoms with Crippen molar-refractivity contribution >= 4 is 27.3 Å². The Hall–Kier alpha value is 0.1000. The van der Waals surface area contributed by atoms with Gasteiger partial charge in [0.05, 0.1) is 3.79 Å². The molecule has 1 aliphatic heterocycles. The fourth-order valence-electron chi connectivity index (χ4n) is 2.20. The largest absolute Gasteiger partial charge is 0.384 e. The van der Waals surface area contributed by atoms with Crippen molar-refractivity contribution < 1.29 is 4.74 Å². The van der Waals surface area contributed by atoms with E-state index < -0.39 is 0 Å². The molecule has 0 bridgehead atoms. The van der Waals surface area contributed by atoms with Crippen LogP contribution in [0.4, 0.5) is 0 Å². The third-order valence-corrected chi connectivity index (χ3v) is 4.73. The highest BCUT2D eigenvalue weighted by molar-refractivity contribution is 9.11. The van der Waals surface area contributed by atoms with Gasteiger partial charge in [0.1, 0.15) is 0 Å². The number of likely N-dealkylation sites (tertiary alicyclic amines) is 1. The summed E-state index contributed by atoms with van der Waals surface area (Å²) >= 11 is 5.35. The number of nitrogens with zero attached hydrogens (tertiary/aromatic N) is 1. The van der Waals surface area contributed by atoms with Gasteiger partial charge in [0.25, 0.3) is 0 Å². The Labute approximate surface area is 110 Å². The van der Waals surface area contributed by atoms with Crippen molar-refractivity contribution in [2.24, 2.45) is 5.92 Å². The molecular weight excluding hydrogens is 286 g/mol. The maximum absolute atomic E-state index is 5.22. The zero-order valence-corrected chi connectivity index (χ0v) is 12.0. The van der Waals surface area contributed by atoms with Crippen LogP contribution in [0.5, 0.6) is 0 Å². The average molecular weight is 304 g/mol. The maximum atomic E-state index is 5.22. The van der Waals surface area contributed by atoms with E-state index in [1.807, 2.05) is 11.3 Å². The van der Waals surface area contributed by atoms with Gasteiger partial charge in [-0.2, -0.15) is 0 Å². The van der Waals surface area contributed by atoms with E-state index in [2.05, 4.69) is 33.0 Å². The Balaban J connectivity index is 1.77. The van der Waals surface area contributed by atoms with E-state index in [1.165, 1.54) is 34.6 Å². The minimum Gasteiger partial charge on any atom is -0.384 e. The lowest BCUT2D eigenvalue weighted by Gasteiger charge is -2.31. The van der Waals surface area contributed by atoms with Crippen LogP contribution in [0.1, 0.15) is 17.7 Å². The summed E-state index contributed by atoms with van der Waals surface area (Å²) in [5.41, 5.74) is 0. The summed E-state index contributed by atoms with van der Waals surface area (Å²) in [6.45, 7) is 4.46. The van der Waals surface area contributed by atoms with E-state index in [1.54, 1.807) is 7.11 Å². The number of piperidine rings is 1. The Morgan fingerprint density at radius 2 is 2.19 bits per heavy atom. The van der Waals surface area contributed by atoms with Crippen LogP contribution in [-0.4, -0.2) is 31.7 Å². The Morgan fingerprint density at radius 3 is 2.75 bits per heavy atom. The molecule has 0 saturated carbocycles. The first-order valence-corrected chi connectivity index (χ1v) is 7.34. The lowest BCUT2D eigenvalue weighted by atomic mass is 9.98. The van der Waals surface area contributed by atoms with Crippen LogP contribution < -0.4 is 0 Å². The van der Waals surface area contributed by atoms with Gasteiger partial charge in [0.2, 0.25) is 0 Å².